The van der Waals surface area contributed by atoms with Crippen LogP contribution in [0.3, 0.4) is 0 Å². The fourth-order valence-corrected chi connectivity index (χ4v) is 2.94. The Hall–Kier alpha value is -2.54. The van der Waals surface area contributed by atoms with E-state index in [0.29, 0.717) is 4.47 Å². The fraction of sp³-hybridized carbons (Fsp3) is 0.118. The third kappa shape index (κ3) is 2.60. The van der Waals surface area contributed by atoms with Crippen molar-refractivity contribution in [1.29, 1.82) is 0 Å². The zero-order chi connectivity index (χ0) is 17.4. The van der Waals surface area contributed by atoms with Crippen molar-refractivity contribution >= 4 is 33.4 Å². The van der Waals surface area contributed by atoms with E-state index in [1.54, 1.807) is 18.2 Å². The molecule has 0 saturated carbocycles. The number of hydrogen-bond acceptors (Lipinski definition) is 4. The number of carbonyl (C=O) groups excluding carboxylic acids is 2. The smallest absolute Gasteiger partial charge is 0.295 e. The number of hydrogen-bond donors (Lipinski definition) is 1. The van der Waals surface area contributed by atoms with Crippen molar-refractivity contribution in [2.75, 3.05) is 4.90 Å². The van der Waals surface area contributed by atoms with Crippen LogP contribution in [0.1, 0.15) is 18.5 Å². The van der Waals surface area contributed by atoms with Gasteiger partial charge in [-0.25, -0.2) is 9.37 Å². The summed E-state index contributed by atoms with van der Waals surface area (Å²) in [6.07, 6.45) is 1.48. The summed E-state index contributed by atoms with van der Waals surface area (Å²) in [5, 5.41) is 10.1. The average Bonchev–Trinajstić information content (AvgIpc) is 2.81. The molecule has 1 aromatic heterocycles. The normalized spacial score (nSPS) is 17.5. The number of amides is 1. The maximum Gasteiger partial charge on any atom is 0.295 e. The Kier molecular flexibility index (Phi) is 4.19. The first kappa shape index (κ1) is 16.3. The number of Topliss-reactive ketones (excluding diaryl/α,β-unsaturated/α-hetero) is 1. The molecule has 2 aromatic rings. The molecule has 1 aliphatic rings. The number of nitrogens with zero attached hydrogens (tertiary/aromatic N) is 2. The van der Waals surface area contributed by atoms with Gasteiger partial charge in [-0.1, -0.05) is 18.2 Å². The van der Waals surface area contributed by atoms with Gasteiger partial charge in [0.05, 0.1) is 11.6 Å². The highest BCUT2D eigenvalue weighted by atomic mass is 79.9. The quantitative estimate of drug-likeness (QED) is 0.870. The molecule has 3 rings (SSSR count). The van der Waals surface area contributed by atoms with E-state index >= 15 is 0 Å². The van der Waals surface area contributed by atoms with Gasteiger partial charge in [0.25, 0.3) is 5.91 Å². The van der Waals surface area contributed by atoms with Crippen LogP contribution < -0.4 is 4.90 Å². The van der Waals surface area contributed by atoms with E-state index in [2.05, 4.69) is 20.9 Å². The molecule has 24 heavy (non-hydrogen) atoms. The molecule has 0 bridgehead atoms. The molecule has 5 nitrogen and oxygen atoms in total. The van der Waals surface area contributed by atoms with Gasteiger partial charge in [0.2, 0.25) is 0 Å². The molecule has 1 aromatic carbocycles. The lowest BCUT2D eigenvalue weighted by Crippen LogP contribution is -2.32. The van der Waals surface area contributed by atoms with Crippen molar-refractivity contribution in [1.82, 2.24) is 4.98 Å². The number of ketones is 1. The summed E-state index contributed by atoms with van der Waals surface area (Å²) in [7, 11) is 0. The lowest BCUT2D eigenvalue weighted by molar-refractivity contribution is -0.117. The predicted molar refractivity (Wildman–Crippen MR) is 88.9 cm³/mol. The minimum absolute atomic E-state index is 0.116. The van der Waals surface area contributed by atoms with Crippen LogP contribution in [0.2, 0.25) is 0 Å². The third-order valence-electron chi connectivity index (χ3n) is 3.75. The first-order valence-corrected chi connectivity index (χ1v) is 7.84. The van der Waals surface area contributed by atoms with E-state index in [1.807, 2.05) is 0 Å². The summed E-state index contributed by atoms with van der Waals surface area (Å²) in [5.74, 6) is -2.34. The number of halogens is 2. The Balaban J connectivity index is 2.21. The van der Waals surface area contributed by atoms with Crippen LogP contribution in [0.25, 0.3) is 0 Å². The monoisotopic (exact) mass is 390 g/mol. The largest absolute Gasteiger partial charge is 0.503 e. The molecule has 0 spiro atoms. The van der Waals surface area contributed by atoms with E-state index in [-0.39, 0.29) is 17.0 Å². The minimum Gasteiger partial charge on any atom is -0.503 e. The summed E-state index contributed by atoms with van der Waals surface area (Å²) >= 11 is 3.25. The Morgan fingerprint density at radius 3 is 2.58 bits per heavy atom. The third-order valence-corrected chi connectivity index (χ3v) is 4.21. The van der Waals surface area contributed by atoms with Gasteiger partial charge in [-0.2, -0.15) is 0 Å². The lowest BCUT2D eigenvalue weighted by Gasteiger charge is -2.25. The Morgan fingerprint density at radius 1 is 1.29 bits per heavy atom. The molecule has 1 N–H and O–H groups in total. The second kappa shape index (κ2) is 6.16. The molecule has 1 atom stereocenters. The Bertz CT molecular complexity index is 864. The summed E-state index contributed by atoms with van der Waals surface area (Å²) in [6, 6.07) is 7.96. The topological polar surface area (TPSA) is 70.5 Å². The summed E-state index contributed by atoms with van der Waals surface area (Å²) in [4.78, 5) is 29.7. The number of aliphatic hydroxyl groups is 1. The maximum atomic E-state index is 14.3. The number of carbonyl (C=O) groups is 2. The van der Waals surface area contributed by atoms with E-state index in [1.165, 1.54) is 31.3 Å². The van der Waals surface area contributed by atoms with E-state index in [9.17, 15) is 19.1 Å². The van der Waals surface area contributed by atoms with Crippen LogP contribution in [0.15, 0.2) is 58.4 Å². The molecule has 0 saturated heterocycles. The Morgan fingerprint density at radius 2 is 2.00 bits per heavy atom. The molecular weight excluding hydrogens is 379 g/mol. The van der Waals surface area contributed by atoms with Crippen LogP contribution in [0.4, 0.5) is 10.2 Å². The van der Waals surface area contributed by atoms with Gasteiger partial charge >= 0.3 is 0 Å². The number of anilines is 1. The van der Waals surface area contributed by atoms with Crippen molar-refractivity contribution in [2.45, 2.75) is 13.0 Å². The second-order valence-electron chi connectivity index (χ2n) is 5.25. The molecule has 0 unspecified atom stereocenters. The minimum atomic E-state index is -1.06. The SMILES string of the molecule is CC(=O)C1=C(O)C(=O)N(c2ccc(Br)cn2)[C@H]1c1ccccc1F. The van der Waals surface area contributed by atoms with E-state index < -0.39 is 29.3 Å². The molecule has 1 aliphatic heterocycles. The first-order chi connectivity index (χ1) is 11.4. The standard InChI is InChI=1S/C17H12BrFN2O3/c1-9(22)14-15(11-4-2-3-5-12(11)19)21(17(24)16(14)23)13-7-6-10(18)8-20-13/h2-8,15,23H,1H3/t15-/m0/s1. The van der Waals surface area contributed by atoms with Gasteiger partial charge in [-0.3, -0.25) is 14.5 Å². The fourth-order valence-electron chi connectivity index (χ4n) is 2.70. The lowest BCUT2D eigenvalue weighted by atomic mass is 9.96. The van der Waals surface area contributed by atoms with Gasteiger partial charge in [0, 0.05) is 16.2 Å². The Labute approximate surface area is 145 Å². The van der Waals surface area contributed by atoms with Crippen LogP contribution in [0, 0.1) is 5.82 Å². The van der Waals surface area contributed by atoms with Crippen LogP contribution in [0.5, 0.6) is 0 Å². The van der Waals surface area contributed by atoms with Crippen LogP contribution >= 0.6 is 15.9 Å². The van der Waals surface area contributed by atoms with Gasteiger partial charge < -0.3 is 5.11 Å². The molecule has 0 radical (unpaired) electrons. The van der Waals surface area contributed by atoms with Crippen molar-refractivity contribution in [3.05, 3.63) is 69.8 Å². The number of benzene rings is 1. The second-order valence-corrected chi connectivity index (χ2v) is 6.17. The van der Waals surface area contributed by atoms with Gasteiger partial charge in [0.15, 0.2) is 11.5 Å². The van der Waals surface area contributed by atoms with Gasteiger partial charge in [-0.05, 0) is 41.1 Å². The molecular formula is C17H12BrFN2O3. The summed E-state index contributed by atoms with van der Waals surface area (Å²) in [6.45, 7) is 1.23. The van der Waals surface area contributed by atoms with Crippen molar-refractivity contribution in [2.24, 2.45) is 0 Å². The van der Waals surface area contributed by atoms with E-state index in [4.69, 9.17) is 0 Å². The van der Waals surface area contributed by atoms with Gasteiger partial charge in [0.1, 0.15) is 11.6 Å². The zero-order valence-corrected chi connectivity index (χ0v) is 14.1. The molecule has 0 aliphatic carbocycles. The summed E-state index contributed by atoms with van der Waals surface area (Å²) in [5.41, 5.74) is -0.0281. The van der Waals surface area contributed by atoms with Crippen LogP contribution in [-0.4, -0.2) is 21.8 Å². The number of aromatic nitrogens is 1. The van der Waals surface area contributed by atoms with E-state index in [0.717, 1.165) is 4.90 Å². The molecule has 1 amide bonds. The van der Waals surface area contributed by atoms with Crippen LogP contribution in [-0.2, 0) is 9.59 Å². The predicted octanol–water partition coefficient (Wildman–Crippen LogP) is 3.47. The molecule has 0 fully saturated rings. The first-order valence-electron chi connectivity index (χ1n) is 7.05. The highest BCUT2D eigenvalue weighted by Crippen LogP contribution is 2.41. The highest BCUT2D eigenvalue weighted by Gasteiger charge is 2.44. The average molecular weight is 391 g/mol. The van der Waals surface area contributed by atoms with Crippen molar-refractivity contribution < 1.29 is 19.1 Å². The molecule has 2 heterocycles. The molecule has 7 heteroatoms. The number of aliphatic hydroxyl groups excluding tert-OH is 1. The number of rotatable bonds is 3. The summed E-state index contributed by atoms with van der Waals surface area (Å²) < 4.78 is 15.0. The van der Waals surface area contributed by atoms with Gasteiger partial charge in [-0.15, -0.1) is 0 Å². The number of pyridine rings is 1. The van der Waals surface area contributed by atoms with Crippen molar-refractivity contribution in [3.63, 3.8) is 0 Å². The maximum absolute atomic E-state index is 14.3. The highest BCUT2D eigenvalue weighted by molar-refractivity contribution is 9.10. The molecule has 122 valence electrons. The zero-order valence-electron chi connectivity index (χ0n) is 12.5. The van der Waals surface area contributed by atoms with Crippen molar-refractivity contribution in [3.8, 4) is 0 Å².